The first-order valence-electron chi connectivity index (χ1n) is 17.3. The van der Waals surface area contributed by atoms with Crippen LogP contribution in [-0.4, -0.2) is 0 Å². The average molecular weight is 637 g/mol. The van der Waals surface area contributed by atoms with Crippen LogP contribution in [0.2, 0.25) is 0 Å². The molecule has 1 heteroatoms. The van der Waals surface area contributed by atoms with Gasteiger partial charge in [0.05, 0.1) is 5.41 Å². The van der Waals surface area contributed by atoms with Crippen molar-refractivity contribution in [3.05, 3.63) is 216 Å². The minimum Gasteiger partial charge on any atom is -0.457 e. The second-order valence-electron chi connectivity index (χ2n) is 13.2. The molecule has 1 nitrogen and oxygen atoms in total. The van der Waals surface area contributed by atoms with Crippen molar-refractivity contribution in [2.24, 2.45) is 0 Å². The van der Waals surface area contributed by atoms with Crippen molar-refractivity contribution in [3.63, 3.8) is 0 Å². The Bertz CT molecular complexity index is 2500. The maximum Gasteiger partial charge on any atom is 0.132 e. The molecule has 0 amide bonds. The lowest BCUT2D eigenvalue weighted by molar-refractivity contribution is 0.436. The predicted octanol–water partition coefficient (Wildman–Crippen LogP) is 12.8. The highest BCUT2D eigenvalue weighted by molar-refractivity contribution is 5.90. The first kappa shape index (κ1) is 28.6. The lowest BCUT2D eigenvalue weighted by atomic mass is 9.66. The van der Waals surface area contributed by atoms with E-state index in [1.165, 1.54) is 66.8 Å². The van der Waals surface area contributed by atoms with Crippen LogP contribution in [0.15, 0.2) is 194 Å². The van der Waals surface area contributed by atoms with Gasteiger partial charge in [-0.05, 0) is 85.0 Å². The van der Waals surface area contributed by atoms with E-state index in [1.807, 2.05) is 0 Å². The fraction of sp³-hybridized carbons (Fsp3) is 0.0204. The fourth-order valence-corrected chi connectivity index (χ4v) is 8.35. The average Bonchev–Trinajstić information content (AvgIpc) is 3.49. The van der Waals surface area contributed by atoms with Gasteiger partial charge in [-0.3, -0.25) is 0 Å². The van der Waals surface area contributed by atoms with Crippen molar-refractivity contribution in [1.29, 1.82) is 0 Å². The van der Waals surface area contributed by atoms with Crippen LogP contribution in [0, 0.1) is 0 Å². The third-order valence-electron chi connectivity index (χ3n) is 10.6. The highest BCUT2D eigenvalue weighted by atomic mass is 16.5. The molecular weight excluding hydrogens is 605 g/mol. The summed E-state index contributed by atoms with van der Waals surface area (Å²) in [6.07, 6.45) is 0. The summed E-state index contributed by atoms with van der Waals surface area (Å²) in [6.45, 7) is 0. The first-order chi connectivity index (χ1) is 24.8. The standard InChI is InChI=1S/C49H32O/c1-3-13-35(14-4-1)39-29-27-37(31-42(39)36-15-5-2-6-16-36)33-23-25-34(26-24-33)38-28-30-46-48(32-38)50-47-22-12-11-21-45(47)49(46)43-19-9-7-17-40(43)41-18-8-10-20-44(41)49/h1-32H. The smallest absolute Gasteiger partial charge is 0.132 e. The van der Waals surface area contributed by atoms with Crippen LogP contribution in [0.1, 0.15) is 22.3 Å². The van der Waals surface area contributed by atoms with Crippen LogP contribution in [0.25, 0.3) is 55.6 Å². The number of benzene rings is 8. The Morgan fingerprint density at radius 3 is 1.36 bits per heavy atom. The van der Waals surface area contributed by atoms with Crippen LogP contribution < -0.4 is 4.74 Å². The molecule has 0 bridgehead atoms. The van der Waals surface area contributed by atoms with Gasteiger partial charge >= 0.3 is 0 Å². The molecular formula is C49H32O. The van der Waals surface area contributed by atoms with Gasteiger partial charge in [0, 0.05) is 11.1 Å². The SMILES string of the molecule is c1ccc(-c2ccc(-c3ccc(-c4ccc5c(c4)Oc4ccccc4C54c5ccccc5-c5ccccc54)cc3)cc2-c2ccccc2)cc1. The maximum atomic E-state index is 6.75. The predicted molar refractivity (Wildman–Crippen MR) is 206 cm³/mol. The molecule has 234 valence electrons. The third kappa shape index (κ3) is 4.27. The molecule has 0 fully saturated rings. The van der Waals surface area contributed by atoms with Crippen LogP contribution in [-0.2, 0) is 5.41 Å². The summed E-state index contributed by atoms with van der Waals surface area (Å²) in [7, 11) is 0. The molecule has 10 rings (SSSR count). The molecule has 0 N–H and O–H groups in total. The van der Waals surface area contributed by atoms with Gasteiger partial charge in [0.25, 0.3) is 0 Å². The Morgan fingerprint density at radius 1 is 0.260 bits per heavy atom. The van der Waals surface area contributed by atoms with Gasteiger partial charge < -0.3 is 4.74 Å². The van der Waals surface area contributed by atoms with E-state index in [0.717, 1.165) is 22.6 Å². The van der Waals surface area contributed by atoms with Crippen LogP contribution >= 0.6 is 0 Å². The van der Waals surface area contributed by atoms with E-state index in [0.29, 0.717) is 0 Å². The van der Waals surface area contributed by atoms with Gasteiger partial charge in [-0.2, -0.15) is 0 Å². The van der Waals surface area contributed by atoms with E-state index in [2.05, 4.69) is 194 Å². The highest BCUT2D eigenvalue weighted by Crippen LogP contribution is 2.62. The zero-order valence-corrected chi connectivity index (χ0v) is 27.4. The van der Waals surface area contributed by atoms with Gasteiger partial charge in [-0.1, -0.05) is 176 Å². The summed E-state index contributed by atoms with van der Waals surface area (Å²) in [4.78, 5) is 0. The lowest BCUT2D eigenvalue weighted by Gasteiger charge is -2.39. The molecule has 1 spiro atoms. The summed E-state index contributed by atoms with van der Waals surface area (Å²) < 4.78 is 6.75. The Balaban J connectivity index is 1.06. The van der Waals surface area contributed by atoms with Gasteiger partial charge in [0.1, 0.15) is 11.5 Å². The van der Waals surface area contributed by atoms with Crippen LogP contribution in [0.4, 0.5) is 0 Å². The molecule has 1 aliphatic heterocycles. The van der Waals surface area contributed by atoms with Gasteiger partial charge in [0.15, 0.2) is 0 Å². The Labute approximate surface area is 292 Å². The largest absolute Gasteiger partial charge is 0.457 e. The summed E-state index contributed by atoms with van der Waals surface area (Å²) >= 11 is 0. The van der Waals surface area contributed by atoms with Crippen molar-refractivity contribution in [3.8, 4) is 67.1 Å². The first-order valence-corrected chi connectivity index (χ1v) is 17.3. The van der Waals surface area contributed by atoms with E-state index in [-0.39, 0.29) is 0 Å². The third-order valence-corrected chi connectivity index (χ3v) is 10.6. The van der Waals surface area contributed by atoms with Crippen molar-refractivity contribution < 1.29 is 4.74 Å². The van der Waals surface area contributed by atoms with Gasteiger partial charge in [-0.25, -0.2) is 0 Å². The molecule has 1 heterocycles. The Morgan fingerprint density at radius 2 is 0.720 bits per heavy atom. The van der Waals surface area contributed by atoms with Crippen LogP contribution in [0.5, 0.6) is 11.5 Å². The molecule has 8 aromatic carbocycles. The van der Waals surface area contributed by atoms with Crippen molar-refractivity contribution >= 4 is 0 Å². The van der Waals surface area contributed by atoms with Crippen molar-refractivity contribution in [2.75, 3.05) is 0 Å². The molecule has 50 heavy (non-hydrogen) atoms. The number of hydrogen-bond donors (Lipinski definition) is 0. The van der Waals surface area contributed by atoms with Gasteiger partial charge in [0.2, 0.25) is 0 Å². The second kappa shape index (κ2) is 11.3. The van der Waals surface area contributed by atoms with E-state index in [4.69, 9.17) is 4.74 Å². The summed E-state index contributed by atoms with van der Waals surface area (Å²) in [5, 5.41) is 0. The van der Waals surface area contributed by atoms with E-state index in [9.17, 15) is 0 Å². The number of ether oxygens (including phenoxy) is 1. The lowest BCUT2D eigenvalue weighted by Crippen LogP contribution is -2.32. The molecule has 0 aromatic heterocycles. The molecule has 0 unspecified atom stereocenters. The Kier molecular flexibility index (Phi) is 6.47. The number of para-hydroxylation sites is 1. The van der Waals surface area contributed by atoms with E-state index < -0.39 is 5.41 Å². The molecule has 2 aliphatic rings. The number of rotatable bonds is 4. The topological polar surface area (TPSA) is 9.23 Å². The minimum absolute atomic E-state index is 0.442. The maximum absolute atomic E-state index is 6.75. The van der Waals surface area contributed by atoms with E-state index in [1.54, 1.807) is 0 Å². The summed E-state index contributed by atoms with van der Waals surface area (Å²) in [6, 6.07) is 70.2. The van der Waals surface area contributed by atoms with E-state index >= 15 is 0 Å². The minimum atomic E-state index is -0.442. The summed E-state index contributed by atoms with van der Waals surface area (Å²) in [5.74, 6) is 1.81. The van der Waals surface area contributed by atoms with Gasteiger partial charge in [-0.15, -0.1) is 0 Å². The molecule has 0 atom stereocenters. The highest BCUT2D eigenvalue weighted by Gasteiger charge is 2.50. The monoisotopic (exact) mass is 636 g/mol. The Hall–Kier alpha value is -6.44. The molecule has 0 saturated heterocycles. The van der Waals surface area contributed by atoms with Crippen molar-refractivity contribution in [2.45, 2.75) is 5.41 Å². The molecule has 0 radical (unpaired) electrons. The number of fused-ring (bicyclic) bond motifs is 9. The molecule has 0 saturated carbocycles. The zero-order chi connectivity index (χ0) is 33.1. The number of hydrogen-bond acceptors (Lipinski definition) is 1. The summed E-state index contributed by atoms with van der Waals surface area (Å²) in [5.41, 5.74) is 16.7. The fourth-order valence-electron chi connectivity index (χ4n) is 8.35. The zero-order valence-electron chi connectivity index (χ0n) is 27.4. The van der Waals surface area contributed by atoms with Crippen LogP contribution in [0.3, 0.4) is 0 Å². The molecule has 1 aliphatic carbocycles. The quantitative estimate of drug-likeness (QED) is 0.187. The normalized spacial score (nSPS) is 13.1. The van der Waals surface area contributed by atoms with Crippen molar-refractivity contribution in [1.82, 2.24) is 0 Å². The molecule has 8 aromatic rings. The second-order valence-corrected chi connectivity index (χ2v) is 13.2.